The van der Waals surface area contributed by atoms with E-state index in [-0.39, 0.29) is 11.8 Å². The largest absolute Gasteiger partial charge is 0.323 e. The number of nitrogens with one attached hydrogen (secondary N) is 2. The van der Waals surface area contributed by atoms with E-state index in [1.807, 2.05) is 49.4 Å². The van der Waals surface area contributed by atoms with Crippen LogP contribution in [0.5, 0.6) is 0 Å². The lowest BCUT2D eigenvalue weighted by Gasteiger charge is -2.11. The molecule has 0 spiro atoms. The molecular formula is C23H19ClN2O2. The number of hydrogen-bond acceptors (Lipinski definition) is 2. The first-order valence-corrected chi connectivity index (χ1v) is 9.11. The van der Waals surface area contributed by atoms with Crippen LogP contribution in [-0.2, 0) is 4.79 Å². The summed E-state index contributed by atoms with van der Waals surface area (Å²) >= 11 is 6.07. The summed E-state index contributed by atoms with van der Waals surface area (Å²) in [5, 5.41) is 6.27. The van der Waals surface area contributed by atoms with Crippen molar-refractivity contribution in [3.8, 4) is 0 Å². The molecule has 0 aliphatic rings. The third-order valence-electron chi connectivity index (χ3n) is 4.10. The molecule has 0 aliphatic heterocycles. The van der Waals surface area contributed by atoms with E-state index < -0.39 is 0 Å². The quantitative estimate of drug-likeness (QED) is 0.561. The molecule has 5 heteroatoms. The van der Waals surface area contributed by atoms with Gasteiger partial charge in [0.1, 0.15) is 0 Å². The first-order chi connectivity index (χ1) is 13.5. The van der Waals surface area contributed by atoms with Gasteiger partial charge in [-0.05, 0) is 60.5 Å². The Morgan fingerprint density at radius 3 is 2.32 bits per heavy atom. The SMILES string of the molecule is Cc1cc(NC(=O)/C=C/c2ccccc2Cl)ccc1NC(=O)c1ccccc1. The Hall–Kier alpha value is -3.37. The monoisotopic (exact) mass is 390 g/mol. The van der Waals surface area contributed by atoms with Gasteiger partial charge in [0.15, 0.2) is 0 Å². The van der Waals surface area contributed by atoms with Crippen LogP contribution in [0.4, 0.5) is 11.4 Å². The van der Waals surface area contributed by atoms with Crippen LogP contribution < -0.4 is 10.6 Å². The molecule has 0 unspecified atom stereocenters. The number of anilines is 2. The highest BCUT2D eigenvalue weighted by atomic mass is 35.5. The normalized spacial score (nSPS) is 10.6. The molecule has 3 rings (SSSR count). The van der Waals surface area contributed by atoms with E-state index in [4.69, 9.17) is 11.6 Å². The molecule has 0 saturated heterocycles. The van der Waals surface area contributed by atoms with Crippen molar-refractivity contribution in [2.45, 2.75) is 6.92 Å². The molecule has 2 amide bonds. The Kier molecular flexibility index (Phi) is 6.25. The molecule has 0 radical (unpaired) electrons. The first kappa shape index (κ1) is 19.4. The highest BCUT2D eigenvalue weighted by Gasteiger charge is 2.08. The van der Waals surface area contributed by atoms with Crippen LogP contribution in [0.15, 0.2) is 78.9 Å². The molecule has 4 nitrogen and oxygen atoms in total. The summed E-state index contributed by atoms with van der Waals surface area (Å²) in [6.07, 6.45) is 3.10. The Morgan fingerprint density at radius 2 is 1.61 bits per heavy atom. The zero-order valence-electron chi connectivity index (χ0n) is 15.3. The molecule has 0 fully saturated rings. The third-order valence-corrected chi connectivity index (χ3v) is 4.44. The molecule has 0 aliphatic carbocycles. The standard InChI is InChI=1S/C23H19ClN2O2/c1-16-15-19(25-22(27)14-11-17-7-5-6-10-20(17)24)12-13-21(16)26-23(28)18-8-3-2-4-9-18/h2-15H,1H3,(H,25,27)(H,26,28)/b14-11+. The van der Waals surface area contributed by atoms with E-state index in [9.17, 15) is 9.59 Å². The smallest absolute Gasteiger partial charge is 0.255 e. The van der Waals surface area contributed by atoms with Crippen molar-refractivity contribution in [1.82, 2.24) is 0 Å². The molecule has 140 valence electrons. The maximum absolute atomic E-state index is 12.3. The van der Waals surface area contributed by atoms with Gasteiger partial charge in [-0.15, -0.1) is 0 Å². The van der Waals surface area contributed by atoms with Gasteiger partial charge in [-0.25, -0.2) is 0 Å². The Morgan fingerprint density at radius 1 is 0.893 bits per heavy atom. The highest BCUT2D eigenvalue weighted by Crippen LogP contribution is 2.21. The maximum atomic E-state index is 12.3. The summed E-state index contributed by atoms with van der Waals surface area (Å²) in [4.78, 5) is 24.4. The van der Waals surface area contributed by atoms with Crippen LogP contribution in [0, 0.1) is 6.92 Å². The minimum absolute atomic E-state index is 0.178. The number of carbonyl (C=O) groups is 2. The van der Waals surface area contributed by atoms with E-state index in [2.05, 4.69) is 10.6 Å². The Bertz CT molecular complexity index is 1030. The van der Waals surface area contributed by atoms with Crippen LogP contribution in [0.2, 0.25) is 5.02 Å². The van der Waals surface area contributed by atoms with Gasteiger partial charge in [-0.2, -0.15) is 0 Å². The molecule has 3 aromatic carbocycles. The van der Waals surface area contributed by atoms with Crippen molar-refractivity contribution < 1.29 is 9.59 Å². The lowest BCUT2D eigenvalue weighted by atomic mass is 10.1. The summed E-state index contributed by atoms with van der Waals surface area (Å²) in [7, 11) is 0. The Labute approximate surface area is 168 Å². The number of rotatable bonds is 5. The van der Waals surface area contributed by atoms with Crippen molar-refractivity contribution in [2.75, 3.05) is 10.6 Å². The molecule has 2 N–H and O–H groups in total. The van der Waals surface area contributed by atoms with Gasteiger partial charge < -0.3 is 10.6 Å². The maximum Gasteiger partial charge on any atom is 0.255 e. The zero-order chi connectivity index (χ0) is 19.9. The predicted octanol–water partition coefficient (Wildman–Crippen LogP) is 5.55. The number of benzene rings is 3. The molecule has 3 aromatic rings. The van der Waals surface area contributed by atoms with Gasteiger partial charge in [0, 0.05) is 28.0 Å². The summed E-state index contributed by atoms with van der Waals surface area (Å²) < 4.78 is 0. The number of aryl methyl sites for hydroxylation is 1. The number of amides is 2. The van der Waals surface area contributed by atoms with Crippen molar-refractivity contribution in [3.05, 3.63) is 101 Å². The van der Waals surface area contributed by atoms with E-state index in [0.29, 0.717) is 22.0 Å². The van der Waals surface area contributed by atoms with E-state index in [1.54, 1.807) is 36.4 Å². The fraction of sp³-hybridized carbons (Fsp3) is 0.0435. The number of halogens is 1. The van der Waals surface area contributed by atoms with E-state index >= 15 is 0 Å². The first-order valence-electron chi connectivity index (χ1n) is 8.73. The number of carbonyl (C=O) groups excluding carboxylic acids is 2. The fourth-order valence-corrected chi connectivity index (χ4v) is 2.82. The molecular weight excluding hydrogens is 372 g/mol. The molecule has 0 bridgehead atoms. The van der Waals surface area contributed by atoms with Crippen molar-refractivity contribution in [1.29, 1.82) is 0 Å². The van der Waals surface area contributed by atoms with Crippen molar-refractivity contribution >= 4 is 40.9 Å². The second kappa shape index (κ2) is 9.02. The van der Waals surface area contributed by atoms with Gasteiger partial charge in [0.25, 0.3) is 5.91 Å². The molecule has 28 heavy (non-hydrogen) atoms. The molecule has 0 atom stereocenters. The lowest BCUT2D eigenvalue weighted by molar-refractivity contribution is -0.111. The average Bonchev–Trinajstić information content (AvgIpc) is 2.70. The average molecular weight is 391 g/mol. The van der Waals surface area contributed by atoms with Gasteiger partial charge in [0.2, 0.25) is 5.91 Å². The summed E-state index contributed by atoms with van der Waals surface area (Å²) in [6.45, 7) is 1.87. The highest BCUT2D eigenvalue weighted by molar-refractivity contribution is 6.32. The minimum Gasteiger partial charge on any atom is -0.323 e. The van der Waals surface area contributed by atoms with Crippen LogP contribution in [0.3, 0.4) is 0 Å². The van der Waals surface area contributed by atoms with Crippen LogP contribution in [-0.4, -0.2) is 11.8 Å². The lowest BCUT2D eigenvalue weighted by Crippen LogP contribution is -2.13. The van der Waals surface area contributed by atoms with Gasteiger partial charge in [0.05, 0.1) is 0 Å². The molecule has 0 aromatic heterocycles. The Balaban J connectivity index is 1.64. The van der Waals surface area contributed by atoms with Crippen LogP contribution in [0.1, 0.15) is 21.5 Å². The van der Waals surface area contributed by atoms with Gasteiger partial charge >= 0.3 is 0 Å². The second-order valence-electron chi connectivity index (χ2n) is 6.19. The molecule has 0 saturated carbocycles. The van der Waals surface area contributed by atoms with Crippen LogP contribution in [0.25, 0.3) is 6.08 Å². The van der Waals surface area contributed by atoms with E-state index in [0.717, 1.165) is 11.1 Å². The summed E-state index contributed by atoms with van der Waals surface area (Å²) in [5.41, 5.74) is 3.54. The second-order valence-corrected chi connectivity index (χ2v) is 6.60. The third kappa shape index (κ3) is 5.09. The predicted molar refractivity (Wildman–Crippen MR) is 115 cm³/mol. The zero-order valence-corrected chi connectivity index (χ0v) is 16.0. The summed E-state index contributed by atoms with van der Waals surface area (Å²) in [5.74, 6) is -0.441. The number of hydrogen-bond donors (Lipinski definition) is 2. The van der Waals surface area contributed by atoms with Gasteiger partial charge in [-0.3, -0.25) is 9.59 Å². The molecule has 0 heterocycles. The minimum atomic E-state index is -0.264. The summed E-state index contributed by atoms with van der Waals surface area (Å²) in [6, 6.07) is 21.6. The van der Waals surface area contributed by atoms with Gasteiger partial charge in [-0.1, -0.05) is 48.0 Å². The van der Waals surface area contributed by atoms with Crippen molar-refractivity contribution in [2.24, 2.45) is 0 Å². The fourth-order valence-electron chi connectivity index (χ4n) is 2.63. The van der Waals surface area contributed by atoms with Crippen LogP contribution >= 0.6 is 11.6 Å². The van der Waals surface area contributed by atoms with Crippen molar-refractivity contribution in [3.63, 3.8) is 0 Å². The topological polar surface area (TPSA) is 58.2 Å². The van der Waals surface area contributed by atoms with E-state index in [1.165, 1.54) is 6.08 Å².